The van der Waals surface area contributed by atoms with Gasteiger partial charge in [0.15, 0.2) is 5.82 Å². The summed E-state index contributed by atoms with van der Waals surface area (Å²) in [6.07, 6.45) is 2.27. The molecule has 0 atom stereocenters. The van der Waals surface area contributed by atoms with Gasteiger partial charge < -0.3 is 10.7 Å². The molecule has 0 radical (unpaired) electrons. The number of alkyl halides is 1. The highest BCUT2D eigenvalue weighted by atomic mass is 19.1. The van der Waals surface area contributed by atoms with Gasteiger partial charge in [-0.2, -0.15) is 9.78 Å². The number of nitrogens with one attached hydrogen (secondary N) is 1. The minimum Gasteiger partial charge on any atom is -0.350 e. The van der Waals surface area contributed by atoms with Crippen LogP contribution in [-0.4, -0.2) is 50.4 Å². The van der Waals surface area contributed by atoms with E-state index in [9.17, 15) is 9.18 Å². The van der Waals surface area contributed by atoms with Crippen molar-refractivity contribution in [2.75, 3.05) is 19.8 Å². The lowest BCUT2D eigenvalue weighted by atomic mass is 10.1. The molecule has 1 aliphatic rings. The molecule has 0 aliphatic carbocycles. The standard InChI is InChI=1S/C12H15FN6O/c13-3-6-18-4-1-8-10(7-18)16-11(15-8)9-2-5-19(17-9)12(14)20/h2,5H,1,3-4,6-7H2,(H2,14,20)(H,15,16). The van der Waals surface area contributed by atoms with E-state index in [1.807, 2.05) is 4.90 Å². The van der Waals surface area contributed by atoms with Crippen LogP contribution in [0.4, 0.5) is 9.18 Å². The minimum absolute atomic E-state index is 0.348. The Kier molecular flexibility index (Phi) is 3.23. The first kappa shape index (κ1) is 12.8. The average molecular weight is 278 g/mol. The van der Waals surface area contributed by atoms with Gasteiger partial charge in [-0.05, 0) is 6.07 Å². The summed E-state index contributed by atoms with van der Waals surface area (Å²) in [5.41, 5.74) is 7.66. The first-order valence-corrected chi connectivity index (χ1v) is 6.39. The number of amides is 1. The molecule has 7 nitrogen and oxygen atoms in total. The zero-order valence-electron chi connectivity index (χ0n) is 10.8. The second kappa shape index (κ2) is 5.04. The highest BCUT2D eigenvalue weighted by Gasteiger charge is 2.21. The number of nitrogens with two attached hydrogens (primary N) is 1. The van der Waals surface area contributed by atoms with Crippen LogP contribution >= 0.6 is 0 Å². The number of H-pyrrole nitrogens is 1. The Bertz CT molecular complexity index is 634. The Morgan fingerprint density at radius 1 is 1.55 bits per heavy atom. The van der Waals surface area contributed by atoms with Gasteiger partial charge in [0.2, 0.25) is 0 Å². The number of imidazole rings is 1. The lowest BCUT2D eigenvalue weighted by Crippen LogP contribution is -2.32. The molecule has 0 aromatic carbocycles. The number of nitrogens with zero attached hydrogens (tertiary/aromatic N) is 4. The smallest absolute Gasteiger partial charge is 0.339 e. The summed E-state index contributed by atoms with van der Waals surface area (Å²) in [5, 5.41) is 4.05. The molecule has 20 heavy (non-hydrogen) atoms. The van der Waals surface area contributed by atoms with E-state index in [2.05, 4.69) is 15.1 Å². The fourth-order valence-electron chi connectivity index (χ4n) is 2.35. The number of halogens is 1. The topological polar surface area (TPSA) is 92.8 Å². The molecule has 1 amide bonds. The molecule has 1 aliphatic heterocycles. The molecular weight excluding hydrogens is 263 g/mol. The third kappa shape index (κ3) is 2.29. The number of carbonyl (C=O) groups is 1. The van der Waals surface area contributed by atoms with Gasteiger partial charge in [0.05, 0.1) is 11.4 Å². The second-order valence-electron chi connectivity index (χ2n) is 4.71. The lowest BCUT2D eigenvalue weighted by Gasteiger charge is -2.24. The predicted octanol–water partition coefficient (Wildman–Crippen LogP) is 0.528. The van der Waals surface area contributed by atoms with Gasteiger partial charge in [0, 0.05) is 32.3 Å². The SMILES string of the molecule is NC(=O)n1ccc(-c2nc3c([nH]2)CN(CCF)CC3)n1. The predicted molar refractivity (Wildman–Crippen MR) is 69.7 cm³/mol. The molecule has 8 heteroatoms. The number of aromatic amines is 1. The first-order chi connectivity index (χ1) is 9.67. The summed E-state index contributed by atoms with van der Waals surface area (Å²) < 4.78 is 13.4. The van der Waals surface area contributed by atoms with Crippen molar-refractivity contribution in [3.63, 3.8) is 0 Å². The van der Waals surface area contributed by atoms with Gasteiger partial charge in [-0.15, -0.1) is 0 Å². The fourth-order valence-corrected chi connectivity index (χ4v) is 2.35. The van der Waals surface area contributed by atoms with Gasteiger partial charge in [0.1, 0.15) is 12.4 Å². The van der Waals surface area contributed by atoms with Crippen molar-refractivity contribution >= 4 is 6.03 Å². The molecule has 2 aromatic rings. The number of hydrogen-bond donors (Lipinski definition) is 2. The molecule has 2 aromatic heterocycles. The number of rotatable bonds is 3. The van der Waals surface area contributed by atoms with E-state index in [4.69, 9.17) is 5.73 Å². The monoisotopic (exact) mass is 278 g/mol. The molecule has 3 N–H and O–H groups in total. The highest BCUT2D eigenvalue weighted by Crippen LogP contribution is 2.21. The summed E-state index contributed by atoms with van der Waals surface area (Å²) in [4.78, 5) is 20.7. The average Bonchev–Trinajstić information content (AvgIpc) is 3.05. The molecule has 3 rings (SSSR count). The zero-order chi connectivity index (χ0) is 14.1. The van der Waals surface area contributed by atoms with Gasteiger partial charge in [-0.1, -0.05) is 0 Å². The van der Waals surface area contributed by atoms with Gasteiger partial charge in [0.25, 0.3) is 0 Å². The summed E-state index contributed by atoms with van der Waals surface area (Å²) in [6.45, 7) is 1.54. The Balaban J connectivity index is 1.84. The Hall–Kier alpha value is -2.22. The maximum Gasteiger partial charge on any atom is 0.339 e. The number of fused-ring (bicyclic) bond motifs is 1. The quantitative estimate of drug-likeness (QED) is 0.856. The van der Waals surface area contributed by atoms with Crippen LogP contribution in [0.5, 0.6) is 0 Å². The molecule has 0 bridgehead atoms. The third-order valence-corrected chi connectivity index (χ3v) is 3.37. The van der Waals surface area contributed by atoms with E-state index >= 15 is 0 Å². The van der Waals surface area contributed by atoms with E-state index in [0.717, 1.165) is 29.0 Å². The van der Waals surface area contributed by atoms with E-state index in [1.54, 1.807) is 6.07 Å². The van der Waals surface area contributed by atoms with Gasteiger partial charge in [-0.25, -0.2) is 14.2 Å². The molecular formula is C12H15FN6O. The molecule has 106 valence electrons. The van der Waals surface area contributed by atoms with Crippen LogP contribution in [0.1, 0.15) is 11.4 Å². The van der Waals surface area contributed by atoms with E-state index in [1.165, 1.54) is 6.20 Å². The molecule has 0 unspecified atom stereocenters. The number of aromatic nitrogens is 4. The largest absolute Gasteiger partial charge is 0.350 e. The molecule has 0 spiro atoms. The Morgan fingerprint density at radius 2 is 2.40 bits per heavy atom. The number of primary amides is 1. The van der Waals surface area contributed by atoms with Crippen molar-refractivity contribution in [2.24, 2.45) is 5.73 Å². The van der Waals surface area contributed by atoms with Crippen LogP contribution in [-0.2, 0) is 13.0 Å². The summed E-state index contributed by atoms with van der Waals surface area (Å²) in [7, 11) is 0. The summed E-state index contributed by atoms with van der Waals surface area (Å²) in [5.74, 6) is 0.608. The Morgan fingerprint density at radius 3 is 3.10 bits per heavy atom. The minimum atomic E-state index is -0.637. The van der Waals surface area contributed by atoms with Crippen molar-refractivity contribution in [2.45, 2.75) is 13.0 Å². The van der Waals surface area contributed by atoms with Crippen LogP contribution in [0.3, 0.4) is 0 Å². The van der Waals surface area contributed by atoms with Crippen LogP contribution in [0, 0.1) is 0 Å². The molecule has 0 saturated carbocycles. The van der Waals surface area contributed by atoms with E-state index in [0.29, 0.717) is 24.6 Å². The van der Waals surface area contributed by atoms with Gasteiger partial charge >= 0.3 is 6.03 Å². The third-order valence-electron chi connectivity index (χ3n) is 3.37. The van der Waals surface area contributed by atoms with Crippen molar-refractivity contribution in [3.05, 3.63) is 23.7 Å². The summed E-state index contributed by atoms with van der Waals surface area (Å²) in [6, 6.07) is 1.04. The van der Waals surface area contributed by atoms with Crippen LogP contribution < -0.4 is 5.73 Å². The number of hydrogen-bond acceptors (Lipinski definition) is 4. The second-order valence-corrected chi connectivity index (χ2v) is 4.71. The van der Waals surface area contributed by atoms with E-state index < -0.39 is 6.03 Å². The lowest BCUT2D eigenvalue weighted by molar-refractivity contribution is 0.228. The molecule has 0 saturated heterocycles. The van der Waals surface area contributed by atoms with Crippen LogP contribution in [0.25, 0.3) is 11.5 Å². The summed E-state index contributed by atoms with van der Waals surface area (Å²) >= 11 is 0. The maximum atomic E-state index is 12.4. The van der Waals surface area contributed by atoms with Crippen molar-refractivity contribution < 1.29 is 9.18 Å². The van der Waals surface area contributed by atoms with Crippen molar-refractivity contribution in [3.8, 4) is 11.5 Å². The van der Waals surface area contributed by atoms with Gasteiger partial charge in [-0.3, -0.25) is 4.90 Å². The maximum absolute atomic E-state index is 12.4. The van der Waals surface area contributed by atoms with Crippen LogP contribution in [0.2, 0.25) is 0 Å². The van der Waals surface area contributed by atoms with E-state index in [-0.39, 0.29) is 6.67 Å². The zero-order valence-corrected chi connectivity index (χ0v) is 10.8. The normalized spacial score (nSPS) is 15.2. The number of carbonyl (C=O) groups excluding carboxylic acids is 1. The van der Waals surface area contributed by atoms with Crippen LogP contribution in [0.15, 0.2) is 12.3 Å². The molecule has 0 fully saturated rings. The molecule has 3 heterocycles. The van der Waals surface area contributed by atoms with Crippen molar-refractivity contribution in [1.29, 1.82) is 0 Å². The highest BCUT2D eigenvalue weighted by molar-refractivity contribution is 5.74. The first-order valence-electron chi connectivity index (χ1n) is 6.39. The Labute approximate surface area is 114 Å². The van der Waals surface area contributed by atoms with Crippen molar-refractivity contribution in [1.82, 2.24) is 24.6 Å². The fraction of sp³-hybridized carbons (Fsp3) is 0.417.